The van der Waals surface area contributed by atoms with E-state index >= 15 is 0 Å². The molecule has 208 valence electrons. The minimum Gasteiger partial charge on any atom is -0.444 e. The molecule has 5 amide bonds. The zero-order valence-corrected chi connectivity index (χ0v) is 22.6. The van der Waals surface area contributed by atoms with Crippen LogP contribution < -0.4 is 16.0 Å². The predicted octanol–water partition coefficient (Wildman–Crippen LogP) is 3.10. The monoisotopic (exact) mass is 538 g/mol. The van der Waals surface area contributed by atoms with Gasteiger partial charge in [0.05, 0.1) is 11.1 Å². The van der Waals surface area contributed by atoms with Gasteiger partial charge in [0.1, 0.15) is 5.60 Å². The van der Waals surface area contributed by atoms with E-state index in [2.05, 4.69) is 16.0 Å². The topological polar surface area (TPSA) is 143 Å². The summed E-state index contributed by atoms with van der Waals surface area (Å²) in [6.45, 7) is 6.31. The van der Waals surface area contributed by atoms with Gasteiger partial charge in [-0.3, -0.25) is 24.1 Å². The van der Waals surface area contributed by atoms with Crippen molar-refractivity contribution in [1.29, 1.82) is 0 Å². The SMILES string of the molecule is COCCCN1C(=O)c2ccc(C(=O)NCc3ccc(NC(=O)CCNC(=O)OC(C)(C)C)cc3)cc2C1=O. The molecule has 1 aliphatic rings. The molecule has 2 aromatic rings. The lowest BCUT2D eigenvalue weighted by Crippen LogP contribution is -2.34. The molecular weight excluding hydrogens is 504 g/mol. The molecule has 0 aliphatic carbocycles. The van der Waals surface area contributed by atoms with Gasteiger partial charge in [-0.2, -0.15) is 0 Å². The Kier molecular flexibility index (Phi) is 9.78. The Labute approximate surface area is 227 Å². The Morgan fingerprint density at radius 2 is 1.62 bits per heavy atom. The van der Waals surface area contributed by atoms with Gasteiger partial charge in [0.15, 0.2) is 0 Å². The minimum atomic E-state index is -0.611. The largest absolute Gasteiger partial charge is 0.444 e. The third-order valence-electron chi connectivity index (χ3n) is 5.67. The molecule has 0 aromatic heterocycles. The van der Waals surface area contributed by atoms with Crippen molar-refractivity contribution in [2.45, 2.75) is 45.8 Å². The highest BCUT2D eigenvalue weighted by Crippen LogP contribution is 2.24. The zero-order valence-electron chi connectivity index (χ0n) is 22.6. The molecule has 11 nitrogen and oxygen atoms in total. The average Bonchev–Trinajstić information content (AvgIpc) is 3.11. The first-order chi connectivity index (χ1) is 18.5. The molecule has 0 spiro atoms. The summed E-state index contributed by atoms with van der Waals surface area (Å²) in [5.41, 5.74) is 1.53. The van der Waals surface area contributed by atoms with E-state index in [0.717, 1.165) is 5.56 Å². The number of rotatable bonds is 11. The smallest absolute Gasteiger partial charge is 0.407 e. The molecule has 0 fully saturated rings. The Bertz CT molecular complexity index is 1240. The van der Waals surface area contributed by atoms with E-state index in [1.807, 2.05) is 0 Å². The van der Waals surface area contributed by atoms with E-state index in [-0.39, 0.29) is 60.5 Å². The van der Waals surface area contributed by atoms with Crippen molar-refractivity contribution in [3.05, 3.63) is 64.7 Å². The summed E-state index contributed by atoms with van der Waals surface area (Å²) >= 11 is 0. The lowest BCUT2D eigenvalue weighted by molar-refractivity contribution is -0.116. The van der Waals surface area contributed by atoms with Gasteiger partial charge < -0.3 is 25.4 Å². The molecular formula is C28H34N4O7. The van der Waals surface area contributed by atoms with Crippen LogP contribution in [-0.4, -0.2) is 67.0 Å². The van der Waals surface area contributed by atoms with Crippen LogP contribution in [0.15, 0.2) is 42.5 Å². The summed E-state index contributed by atoms with van der Waals surface area (Å²) in [7, 11) is 1.55. The summed E-state index contributed by atoms with van der Waals surface area (Å²) < 4.78 is 10.1. The number of hydrogen-bond acceptors (Lipinski definition) is 7. The maximum Gasteiger partial charge on any atom is 0.407 e. The van der Waals surface area contributed by atoms with Crippen molar-refractivity contribution >= 4 is 35.4 Å². The second-order valence-electron chi connectivity index (χ2n) is 9.98. The maximum absolute atomic E-state index is 12.7. The molecule has 11 heteroatoms. The number of hydrogen-bond donors (Lipinski definition) is 3. The van der Waals surface area contributed by atoms with Gasteiger partial charge in [-0.1, -0.05) is 12.1 Å². The highest BCUT2D eigenvalue weighted by molar-refractivity contribution is 6.22. The number of carbonyl (C=O) groups is 5. The lowest BCUT2D eigenvalue weighted by atomic mass is 10.1. The number of carbonyl (C=O) groups excluding carboxylic acids is 5. The van der Waals surface area contributed by atoms with Gasteiger partial charge in [-0.05, 0) is 63.1 Å². The van der Waals surface area contributed by atoms with Gasteiger partial charge >= 0.3 is 6.09 Å². The third-order valence-corrected chi connectivity index (χ3v) is 5.67. The summed E-state index contributed by atoms with van der Waals surface area (Å²) in [6.07, 6.45) is 0.0292. The van der Waals surface area contributed by atoms with Gasteiger partial charge in [-0.25, -0.2) is 4.79 Å². The van der Waals surface area contributed by atoms with Gasteiger partial charge in [0.25, 0.3) is 17.7 Å². The summed E-state index contributed by atoms with van der Waals surface area (Å²) in [4.78, 5) is 62.9. The molecule has 0 atom stereocenters. The van der Waals surface area contributed by atoms with E-state index in [4.69, 9.17) is 9.47 Å². The summed E-state index contributed by atoms with van der Waals surface area (Å²) in [5.74, 6) is -1.44. The maximum atomic E-state index is 12.7. The Morgan fingerprint density at radius 3 is 2.28 bits per heavy atom. The molecule has 39 heavy (non-hydrogen) atoms. The van der Waals surface area contributed by atoms with Crippen molar-refractivity contribution in [1.82, 2.24) is 15.5 Å². The number of anilines is 1. The zero-order chi connectivity index (χ0) is 28.6. The van der Waals surface area contributed by atoms with Gasteiger partial charge in [-0.15, -0.1) is 0 Å². The van der Waals surface area contributed by atoms with Crippen LogP contribution in [0.2, 0.25) is 0 Å². The number of imide groups is 1. The first-order valence-electron chi connectivity index (χ1n) is 12.6. The van der Waals surface area contributed by atoms with Gasteiger partial charge in [0.2, 0.25) is 5.91 Å². The summed E-state index contributed by atoms with van der Waals surface area (Å²) in [6, 6.07) is 11.4. The molecule has 0 radical (unpaired) electrons. The van der Waals surface area contributed by atoms with Crippen LogP contribution >= 0.6 is 0 Å². The van der Waals surface area contributed by atoms with Crippen molar-refractivity contribution in [3.63, 3.8) is 0 Å². The molecule has 3 N–H and O–H groups in total. The molecule has 3 rings (SSSR count). The first-order valence-corrected chi connectivity index (χ1v) is 12.6. The number of benzene rings is 2. The second-order valence-corrected chi connectivity index (χ2v) is 9.98. The number of amides is 5. The number of fused-ring (bicyclic) bond motifs is 1. The standard InChI is InChI=1S/C28H34N4O7/c1-28(2,3)39-27(37)29-13-12-23(33)31-20-9-6-18(7-10-20)17-30-24(34)19-8-11-21-22(16-19)26(36)32(25(21)35)14-5-15-38-4/h6-11,16H,5,12-15,17H2,1-4H3,(H,29,37)(H,30,34)(H,31,33). The Morgan fingerprint density at radius 1 is 0.923 bits per heavy atom. The van der Waals surface area contributed by atoms with Gasteiger partial charge in [0, 0.05) is 51.0 Å². The van der Waals surface area contributed by atoms with Crippen molar-refractivity contribution in [2.24, 2.45) is 0 Å². The quantitative estimate of drug-likeness (QED) is 0.295. The highest BCUT2D eigenvalue weighted by Gasteiger charge is 2.35. The minimum absolute atomic E-state index is 0.0802. The Balaban J connectivity index is 1.47. The van der Waals surface area contributed by atoms with Crippen LogP contribution in [0, 0.1) is 0 Å². The number of alkyl carbamates (subject to hydrolysis) is 1. The number of methoxy groups -OCH3 is 1. The molecule has 0 bridgehead atoms. The predicted molar refractivity (Wildman–Crippen MR) is 143 cm³/mol. The molecule has 0 saturated carbocycles. The average molecular weight is 539 g/mol. The van der Waals surface area contributed by atoms with Crippen molar-refractivity contribution in [3.8, 4) is 0 Å². The van der Waals surface area contributed by atoms with E-state index in [0.29, 0.717) is 18.7 Å². The number of nitrogens with zero attached hydrogens (tertiary/aromatic N) is 1. The third kappa shape index (κ3) is 8.37. The Hall–Kier alpha value is -4.25. The van der Waals surface area contributed by atoms with Crippen LogP contribution in [0.25, 0.3) is 0 Å². The fourth-order valence-corrected chi connectivity index (χ4v) is 3.81. The number of nitrogens with one attached hydrogen (secondary N) is 3. The molecule has 0 unspecified atom stereocenters. The van der Waals surface area contributed by atoms with Crippen molar-refractivity contribution < 1.29 is 33.4 Å². The number of ether oxygens (including phenoxy) is 2. The van der Waals surface area contributed by atoms with Crippen LogP contribution in [0.3, 0.4) is 0 Å². The second kappa shape index (κ2) is 13.0. The van der Waals surface area contributed by atoms with E-state index in [1.54, 1.807) is 52.1 Å². The van der Waals surface area contributed by atoms with Crippen LogP contribution in [0.1, 0.15) is 70.3 Å². The fraction of sp³-hybridized carbons (Fsp3) is 0.393. The first kappa shape index (κ1) is 29.3. The summed E-state index contributed by atoms with van der Waals surface area (Å²) in [5, 5.41) is 8.07. The molecule has 1 aliphatic heterocycles. The fourth-order valence-electron chi connectivity index (χ4n) is 3.81. The van der Waals surface area contributed by atoms with Crippen LogP contribution in [0.4, 0.5) is 10.5 Å². The van der Waals surface area contributed by atoms with Crippen LogP contribution in [0.5, 0.6) is 0 Å². The molecule has 1 heterocycles. The lowest BCUT2D eigenvalue weighted by Gasteiger charge is -2.19. The molecule has 0 saturated heterocycles. The normalized spacial score (nSPS) is 12.7. The van der Waals surface area contributed by atoms with E-state index < -0.39 is 17.6 Å². The van der Waals surface area contributed by atoms with E-state index in [1.165, 1.54) is 23.1 Å². The van der Waals surface area contributed by atoms with Crippen molar-refractivity contribution in [2.75, 3.05) is 32.1 Å². The molecule has 2 aromatic carbocycles. The van der Waals surface area contributed by atoms with E-state index in [9.17, 15) is 24.0 Å². The highest BCUT2D eigenvalue weighted by atomic mass is 16.6. The van der Waals surface area contributed by atoms with Crippen LogP contribution in [-0.2, 0) is 20.8 Å².